The van der Waals surface area contributed by atoms with Crippen molar-refractivity contribution in [2.24, 2.45) is 0 Å². The molecule has 0 N–H and O–H groups in total. The number of hydrogen-bond acceptors (Lipinski definition) is 4. The Balaban J connectivity index is 2.16. The number of alkyl halides is 3. The van der Waals surface area contributed by atoms with Crippen LogP contribution >= 0.6 is 0 Å². The van der Waals surface area contributed by atoms with Crippen molar-refractivity contribution in [3.8, 4) is 22.6 Å². The molecular weight excluding hydrogens is 355 g/mol. The van der Waals surface area contributed by atoms with E-state index in [2.05, 4.69) is 4.98 Å². The molecule has 130 valence electrons. The summed E-state index contributed by atoms with van der Waals surface area (Å²) in [4.78, 5) is 3.65. The number of benzene rings is 2. The predicted molar refractivity (Wildman–Crippen MR) is 85.5 cm³/mol. The maximum atomic E-state index is 13.0. The quantitative estimate of drug-likeness (QED) is 0.687. The second-order valence-electron chi connectivity index (χ2n) is 5.36. The van der Waals surface area contributed by atoms with Crippen molar-refractivity contribution in [3.63, 3.8) is 0 Å². The summed E-state index contributed by atoms with van der Waals surface area (Å²) in [5.74, 6) is -1.42. The number of halogens is 3. The molecule has 3 aromatic rings. The smallest absolute Gasteiger partial charge is 0.432 e. The Kier molecular flexibility index (Phi) is 4.16. The van der Waals surface area contributed by atoms with Crippen molar-refractivity contribution in [1.29, 1.82) is 0 Å². The van der Waals surface area contributed by atoms with Gasteiger partial charge in [0.15, 0.2) is 15.6 Å². The van der Waals surface area contributed by atoms with Crippen LogP contribution in [0.3, 0.4) is 0 Å². The van der Waals surface area contributed by atoms with Gasteiger partial charge in [-0.2, -0.15) is 13.2 Å². The third-order valence-corrected chi connectivity index (χ3v) is 4.59. The minimum atomic E-state index is -4.73. The topological polar surface area (TPSA) is 60.2 Å². The van der Waals surface area contributed by atoms with Gasteiger partial charge in [0.25, 0.3) is 0 Å². The van der Waals surface area contributed by atoms with Gasteiger partial charge in [-0.1, -0.05) is 30.3 Å². The van der Waals surface area contributed by atoms with Gasteiger partial charge >= 0.3 is 12.1 Å². The second kappa shape index (κ2) is 6.03. The standard InChI is InChI=1S/C17H12F3NO3S/c1-25(22,23)13-9-7-12(8-10-13)15-14(11-5-3-2-4-6-11)21-16(24-15)17(18,19)20/h2-10H,1H3. The molecule has 0 atom stereocenters. The van der Waals surface area contributed by atoms with Gasteiger partial charge < -0.3 is 4.42 Å². The highest BCUT2D eigenvalue weighted by Crippen LogP contribution is 2.38. The Morgan fingerprint density at radius 1 is 0.920 bits per heavy atom. The zero-order chi connectivity index (χ0) is 18.2. The largest absolute Gasteiger partial charge is 0.468 e. The number of oxazole rings is 1. The first kappa shape index (κ1) is 17.2. The van der Waals surface area contributed by atoms with Crippen LogP contribution in [0.2, 0.25) is 0 Å². The normalized spacial score (nSPS) is 12.3. The van der Waals surface area contributed by atoms with Crippen molar-refractivity contribution in [2.75, 3.05) is 6.26 Å². The molecule has 0 aliphatic rings. The minimum Gasteiger partial charge on any atom is -0.432 e. The van der Waals surface area contributed by atoms with E-state index in [9.17, 15) is 21.6 Å². The fourth-order valence-corrected chi connectivity index (χ4v) is 2.91. The van der Waals surface area contributed by atoms with E-state index in [4.69, 9.17) is 4.42 Å². The van der Waals surface area contributed by atoms with Crippen LogP contribution in [0.1, 0.15) is 5.89 Å². The van der Waals surface area contributed by atoms with E-state index < -0.39 is 21.9 Å². The van der Waals surface area contributed by atoms with Crippen LogP contribution in [0, 0.1) is 0 Å². The Bertz CT molecular complexity index is 992. The highest BCUT2D eigenvalue weighted by Gasteiger charge is 2.39. The second-order valence-corrected chi connectivity index (χ2v) is 7.37. The van der Waals surface area contributed by atoms with Crippen molar-refractivity contribution in [1.82, 2.24) is 4.98 Å². The molecule has 0 spiro atoms. The van der Waals surface area contributed by atoms with Gasteiger partial charge in [-0.3, -0.25) is 0 Å². The Morgan fingerprint density at radius 2 is 1.52 bits per heavy atom. The van der Waals surface area contributed by atoms with E-state index in [0.717, 1.165) is 6.26 Å². The molecule has 2 aromatic carbocycles. The third-order valence-electron chi connectivity index (χ3n) is 3.46. The number of hydrogen-bond donors (Lipinski definition) is 0. The number of aromatic nitrogens is 1. The van der Waals surface area contributed by atoms with Crippen LogP contribution < -0.4 is 0 Å². The lowest BCUT2D eigenvalue weighted by atomic mass is 10.1. The summed E-state index contributed by atoms with van der Waals surface area (Å²) in [6.07, 6.45) is -3.68. The lowest BCUT2D eigenvalue weighted by Crippen LogP contribution is -2.04. The molecule has 0 saturated carbocycles. The highest BCUT2D eigenvalue weighted by molar-refractivity contribution is 7.90. The van der Waals surface area contributed by atoms with Crippen LogP contribution in [-0.4, -0.2) is 19.7 Å². The molecule has 1 heterocycles. The van der Waals surface area contributed by atoms with E-state index in [1.165, 1.54) is 24.3 Å². The van der Waals surface area contributed by atoms with Crippen molar-refractivity contribution in [3.05, 3.63) is 60.5 Å². The molecular formula is C17H12F3NO3S. The highest BCUT2D eigenvalue weighted by atomic mass is 32.2. The van der Waals surface area contributed by atoms with Gasteiger partial charge in [0.05, 0.1) is 4.90 Å². The maximum Gasteiger partial charge on any atom is 0.468 e. The summed E-state index contributed by atoms with van der Waals surface area (Å²) in [6, 6.07) is 13.7. The zero-order valence-corrected chi connectivity index (χ0v) is 13.7. The SMILES string of the molecule is CS(=O)(=O)c1ccc(-c2oc(C(F)(F)F)nc2-c2ccccc2)cc1. The van der Waals surface area contributed by atoms with Gasteiger partial charge in [-0.05, 0) is 24.3 Å². The molecule has 0 unspecified atom stereocenters. The van der Waals surface area contributed by atoms with Crippen LogP contribution in [0.5, 0.6) is 0 Å². The average molecular weight is 367 g/mol. The first-order valence-electron chi connectivity index (χ1n) is 7.10. The first-order valence-corrected chi connectivity index (χ1v) is 8.99. The van der Waals surface area contributed by atoms with E-state index in [1.54, 1.807) is 30.3 Å². The molecule has 0 amide bonds. The number of nitrogens with zero attached hydrogens (tertiary/aromatic N) is 1. The Labute approximate surface area is 141 Å². The number of sulfone groups is 1. The molecule has 25 heavy (non-hydrogen) atoms. The molecule has 0 fully saturated rings. The Hall–Kier alpha value is -2.61. The van der Waals surface area contributed by atoms with Crippen LogP contribution in [-0.2, 0) is 16.0 Å². The molecule has 3 rings (SSSR count). The monoisotopic (exact) mass is 367 g/mol. The van der Waals surface area contributed by atoms with E-state index in [0.29, 0.717) is 11.1 Å². The minimum absolute atomic E-state index is 0.0417. The van der Waals surface area contributed by atoms with Crippen molar-refractivity contribution >= 4 is 9.84 Å². The maximum absolute atomic E-state index is 13.0. The molecule has 0 aliphatic heterocycles. The van der Waals surface area contributed by atoms with Crippen molar-refractivity contribution < 1.29 is 26.0 Å². The fraction of sp³-hybridized carbons (Fsp3) is 0.118. The summed E-state index contributed by atoms with van der Waals surface area (Å²) in [6.45, 7) is 0. The average Bonchev–Trinajstić information content (AvgIpc) is 3.00. The van der Waals surface area contributed by atoms with Gasteiger partial charge in [0, 0.05) is 17.4 Å². The summed E-state index contributed by atoms with van der Waals surface area (Å²) in [5, 5.41) is 0. The molecule has 0 bridgehead atoms. The number of rotatable bonds is 3. The Morgan fingerprint density at radius 3 is 2.04 bits per heavy atom. The third kappa shape index (κ3) is 3.58. The van der Waals surface area contributed by atoms with Gasteiger partial charge in [0.2, 0.25) is 0 Å². The fourth-order valence-electron chi connectivity index (χ4n) is 2.28. The molecule has 0 radical (unpaired) electrons. The molecule has 0 aliphatic carbocycles. The van der Waals surface area contributed by atoms with Crippen LogP contribution in [0.4, 0.5) is 13.2 Å². The lowest BCUT2D eigenvalue weighted by molar-refractivity contribution is -0.156. The van der Waals surface area contributed by atoms with E-state index in [1.807, 2.05) is 0 Å². The van der Waals surface area contributed by atoms with Crippen LogP contribution in [0.15, 0.2) is 63.9 Å². The van der Waals surface area contributed by atoms with E-state index in [-0.39, 0.29) is 16.3 Å². The first-order chi connectivity index (χ1) is 11.7. The van der Waals surface area contributed by atoms with Crippen LogP contribution in [0.25, 0.3) is 22.6 Å². The van der Waals surface area contributed by atoms with Crippen molar-refractivity contribution in [2.45, 2.75) is 11.1 Å². The summed E-state index contributed by atoms with van der Waals surface area (Å²) >= 11 is 0. The molecule has 0 saturated heterocycles. The molecule has 4 nitrogen and oxygen atoms in total. The summed E-state index contributed by atoms with van der Waals surface area (Å²) in [7, 11) is -3.41. The molecule has 8 heteroatoms. The van der Waals surface area contributed by atoms with Gasteiger partial charge in [-0.15, -0.1) is 0 Å². The summed E-state index contributed by atoms with van der Waals surface area (Å²) in [5.41, 5.74) is 0.804. The lowest BCUT2D eigenvalue weighted by Gasteiger charge is -2.03. The zero-order valence-electron chi connectivity index (χ0n) is 12.9. The summed E-state index contributed by atoms with van der Waals surface area (Å²) < 4.78 is 67.0. The van der Waals surface area contributed by atoms with Gasteiger partial charge in [-0.25, -0.2) is 13.4 Å². The predicted octanol–water partition coefficient (Wildman–Crippen LogP) is 4.43. The van der Waals surface area contributed by atoms with Gasteiger partial charge in [0.1, 0.15) is 5.69 Å². The van der Waals surface area contributed by atoms with E-state index >= 15 is 0 Å². The molecule has 1 aromatic heterocycles.